The van der Waals surface area contributed by atoms with E-state index in [0.29, 0.717) is 11.3 Å². The van der Waals surface area contributed by atoms with Crippen LogP contribution in [0.4, 0.5) is 5.69 Å². The third-order valence-electron chi connectivity index (χ3n) is 4.41. The van der Waals surface area contributed by atoms with Crippen molar-refractivity contribution in [3.05, 3.63) is 65.2 Å². The molecule has 2 aromatic carbocycles. The van der Waals surface area contributed by atoms with Gasteiger partial charge in [0.05, 0.1) is 6.04 Å². The van der Waals surface area contributed by atoms with Crippen LogP contribution in [0.1, 0.15) is 40.9 Å². The number of anilines is 1. The number of amides is 2. The molecule has 0 saturated heterocycles. The molecule has 3 rings (SSSR count). The van der Waals surface area contributed by atoms with Crippen LogP contribution in [-0.2, 0) is 11.2 Å². The first-order valence-corrected chi connectivity index (χ1v) is 8.09. The van der Waals surface area contributed by atoms with E-state index in [4.69, 9.17) is 5.73 Å². The van der Waals surface area contributed by atoms with Crippen LogP contribution in [-0.4, -0.2) is 17.9 Å². The minimum atomic E-state index is -0.484. The van der Waals surface area contributed by atoms with Crippen LogP contribution in [0.15, 0.2) is 48.5 Å². The third kappa shape index (κ3) is 3.46. The van der Waals surface area contributed by atoms with Crippen molar-refractivity contribution in [2.45, 2.75) is 31.8 Å². The maximum atomic E-state index is 12.4. The number of rotatable bonds is 5. The molecule has 5 heteroatoms. The molecule has 0 saturated carbocycles. The van der Waals surface area contributed by atoms with Crippen molar-refractivity contribution in [3.63, 3.8) is 0 Å². The molecule has 2 aromatic rings. The summed E-state index contributed by atoms with van der Waals surface area (Å²) in [5, 5.41) is 6.25. The summed E-state index contributed by atoms with van der Waals surface area (Å²) in [7, 11) is 0. The molecule has 0 radical (unpaired) electrons. The number of benzene rings is 2. The van der Waals surface area contributed by atoms with Gasteiger partial charge in [0.2, 0.25) is 11.8 Å². The van der Waals surface area contributed by atoms with E-state index in [1.165, 1.54) is 11.1 Å². The van der Waals surface area contributed by atoms with Crippen molar-refractivity contribution in [1.29, 1.82) is 0 Å². The Morgan fingerprint density at radius 1 is 1.12 bits per heavy atom. The highest BCUT2D eigenvalue weighted by molar-refractivity contribution is 5.96. The highest BCUT2D eigenvalue weighted by Gasteiger charge is 2.25. The maximum Gasteiger partial charge on any atom is 0.248 e. The van der Waals surface area contributed by atoms with Gasteiger partial charge in [0.15, 0.2) is 0 Å². The lowest BCUT2D eigenvalue weighted by atomic mass is 10.1. The van der Waals surface area contributed by atoms with Gasteiger partial charge in [0, 0.05) is 17.3 Å². The Morgan fingerprint density at radius 3 is 2.54 bits per heavy atom. The summed E-state index contributed by atoms with van der Waals surface area (Å²) in [6.45, 7) is 1.86. The molecule has 0 spiro atoms. The van der Waals surface area contributed by atoms with Gasteiger partial charge in [-0.3, -0.25) is 14.9 Å². The van der Waals surface area contributed by atoms with E-state index in [1.54, 1.807) is 24.3 Å². The number of carbonyl (C=O) groups is 2. The van der Waals surface area contributed by atoms with Crippen molar-refractivity contribution >= 4 is 17.5 Å². The lowest BCUT2D eigenvalue weighted by molar-refractivity contribution is -0.118. The van der Waals surface area contributed by atoms with E-state index in [2.05, 4.69) is 22.8 Å². The normalized spacial score (nSPS) is 17.1. The van der Waals surface area contributed by atoms with E-state index in [9.17, 15) is 9.59 Å². The fraction of sp³-hybridized carbons (Fsp3) is 0.263. The summed E-state index contributed by atoms with van der Waals surface area (Å²) in [5.41, 5.74) is 8.90. The van der Waals surface area contributed by atoms with Gasteiger partial charge in [-0.2, -0.15) is 0 Å². The monoisotopic (exact) mass is 323 g/mol. The molecule has 24 heavy (non-hydrogen) atoms. The van der Waals surface area contributed by atoms with Crippen molar-refractivity contribution in [3.8, 4) is 0 Å². The molecule has 5 nitrogen and oxygen atoms in total. The number of hydrogen-bond acceptors (Lipinski definition) is 3. The molecule has 124 valence electrons. The first-order valence-electron chi connectivity index (χ1n) is 8.09. The van der Waals surface area contributed by atoms with Crippen molar-refractivity contribution in [2.24, 2.45) is 5.73 Å². The van der Waals surface area contributed by atoms with Gasteiger partial charge in [-0.1, -0.05) is 24.3 Å². The first kappa shape index (κ1) is 16.2. The number of nitrogens with two attached hydrogens (primary N) is 1. The quantitative estimate of drug-likeness (QED) is 0.790. The molecule has 0 aliphatic heterocycles. The van der Waals surface area contributed by atoms with Gasteiger partial charge in [-0.05, 0) is 55.2 Å². The molecule has 4 N–H and O–H groups in total. The van der Waals surface area contributed by atoms with Crippen molar-refractivity contribution in [2.75, 3.05) is 5.32 Å². The van der Waals surface area contributed by atoms with Gasteiger partial charge in [-0.25, -0.2) is 0 Å². The maximum absolute atomic E-state index is 12.4. The summed E-state index contributed by atoms with van der Waals surface area (Å²) >= 11 is 0. The molecule has 1 aliphatic carbocycles. The molecule has 0 unspecified atom stereocenters. The zero-order chi connectivity index (χ0) is 17.1. The predicted octanol–water partition coefficient (Wildman–Crippen LogP) is 2.39. The van der Waals surface area contributed by atoms with E-state index >= 15 is 0 Å². The number of nitrogens with one attached hydrogen (secondary N) is 2. The number of aryl methyl sites for hydroxylation is 1. The molecule has 0 aromatic heterocycles. The predicted molar refractivity (Wildman–Crippen MR) is 93.7 cm³/mol. The van der Waals surface area contributed by atoms with Gasteiger partial charge in [0.1, 0.15) is 0 Å². The number of hydrogen-bond donors (Lipinski definition) is 3. The van der Waals surface area contributed by atoms with Crippen LogP contribution in [0.25, 0.3) is 0 Å². The molecule has 2 amide bonds. The lowest BCUT2D eigenvalue weighted by Crippen LogP contribution is -2.39. The Bertz CT molecular complexity index is 755. The highest BCUT2D eigenvalue weighted by atomic mass is 16.2. The number of carbonyl (C=O) groups excluding carboxylic acids is 2. The Hall–Kier alpha value is -2.66. The Labute approximate surface area is 141 Å². The average Bonchev–Trinajstić information content (AvgIpc) is 2.98. The van der Waals surface area contributed by atoms with E-state index < -0.39 is 5.91 Å². The Balaban J connectivity index is 1.60. The minimum Gasteiger partial charge on any atom is -0.366 e. The smallest absolute Gasteiger partial charge is 0.248 e. The molecular formula is C19H21N3O2. The average molecular weight is 323 g/mol. The second-order valence-corrected chi connectivity index (χ2v) is 6.11. The standard InChI is InChI=1S/C19H21N3O2/c1-12(21-17-11-8-13-4-2-3-5-16(13)17)19(24)22-15-9-6-14(7-10-15)18(20)23/h2-7,9-10,12,17,21H,8,11H2,1H3,(H2,20,23)(H,22,24)/t12-,17+/m1/s1. The SMILES string of the molecule is C[C@@H](N[C@H]1CCc2ccccc21)C(=O)Nc1ccc(C(N)=O)cc1. The van der Waals surface area contributed by atoms with E-state index in [-0.39, 0.29) is 18.0 Å². The fourth-order valence-electron chi connectivity index (χ4n) is 3.08. The van der Waals surface area contributed by atoms with E-state index in [0.717, 1.165) is 12.8 Å². The molecule has 0 heterocycles. The Morgan fingerprint density at radius 2 is 1.83 bits per heavy atom. The largest absolute Gasteiger partial charge is 0.366 e. The summed E-state index contributed by atoms with van der Waals surface area (Å²) < 4.78 is 0. The van der Waals surface area contributed by atoms with Crippen LogP contribution in [0.5, 0.6) is 0 Å². The zero-order valence-electron chi connectivity index (χ0n) is 13.6. The summed E-state index contributed by atoms with van der Waals surface area (Å²) in [4.78, 5) is 23.4. The lowest BCUT2D eigenvalue weighted by Gasteiger charge is -2.20. The Kier molecular flexibility index (Phi) is 4.62. The molecule has 0 bridgehead atoms. The third-order valence-corrected chi connectivity index (χ3v) is 4.41. The van der Waals surface area contributed by atoms with Crippen LogP contribution < -0.4 is 16.4 Å². The van der Waals surface area contributed by atoms with Crippen molar-refractivity contribution < 1.29 is 9.59 Å². The second kappa shape index (κ2) is 6.84. The summed E-state index contributed by atoms with van der Waals surface area (Å²) in [5.74, 6) is -0.589. The van der Waals surface area contributed by atoms with Crippen molar-refractivity contribution in [1.82, 2.24) is 5.32 Å². The van der Waals surface area contributed by atoms with Gasteiger partial charge in [-0.15, -0.1) is 0 Å². The highest BCUT2D eigenvalue weighted by Crippen LogP contribution is 2.31. The minimum absolute atomic E-state index is 0.105. The van der Waals surface area contributed by atoms with Gasteiger partial charge >= 0.3 is 0 Å². The molecule has 2 atom stereocenters. The molecule has 1 aliphatic rings. The summed E-state index contributed by atoms with van der Waals surface area (Å²) in [6, 6.07) is 14.8. The molecular weight excluding hydrogens is 302 g/mol. The number of fused-ring (bicyclic) bond motifs is 1. The van der Waals surface area contributed by atoms with E-state index in [1.807, 2.05) is 19.1 Å². The van der Waals surface area contributed by atoms with Crippen LogP contribution in [0, 0.1) is 0 Å². The first-order chi connectivity index (χ1) is 11.5. The van der Waals surface area contributed by atoms with Crippen LogP contribution >= 0.6 is 0 Å². The second-order valence-electron chi connectivity index (χ2n) is 6.11. The van der Waals surface area contributed by atoms with Gasteiger partial charge < -0.3 is 11.1 Å². The molecule has 0 fully saturated rings. The number of primary amides is 1. The fourth-order valence-corrected chi connectivity index (χ4v) is 3.08. The van der Waals surface area contributed by atoms with Crippen LogP contribution in [0.3, 0.4) is 0 Å². The summed E-state index contributed by atoms with van der Waals surface area (Å²) in [6.07, 6.45) is 2.04. The zero-order valence-corrected chi connectivity index (χ0v) is 13.6. The topological polar surface area (TPSA) is 84.2 Å². The van der Waals surface area contributed by atoms with Crippen LogP contribution in [0.2, 0.25) is 0 Å². The van der Waals surface area contributed by atoms with Gasteiger partial charge in [0.25, 0.3) is 0 Å².